The molecule has 1 heterocycles. The van der Waals surface area contributed by atoms with Gasteiger partial charge in [0.25, 0.3) is 0 Å². The van der Waals surface area contributed by atoms with Crippen molar-refractivity contribution in [2.24, 2.45) is 5.92 Å². The highest BCUT2D eigenvalue weighted by Crippen LogP contribution is 2.20. The van der Waals surface area contributed by atoms with Crippen LogP contribution in [-0.4, -0.2) is 61.5 Å². The van der Waals surface area contributed by atoms with Crippen molar-refractivity contribution < 1.29 is 29.0 Å². The molecule has 2 amide bonds. The summed E-state index contributed by atoms with van der Waals surface area (Å²) in [6.07, 6.45) is -1.32. The molecule has 1 saturated heterocycles. The first-order valence-electron chi connectivity index (χ1n) is 4.89. The molecule has 0 aliphatic carbocycles. The van der Waals surface area contributed by atoms with Crippen LogP contribution in [0.4, 0.5) is 9.59 Å². The fourth-order valence-corrected chi connectivity index (χ4v) is 1.57. The Morgan fingerprint density at radius 1 is 1.29 bits per heavy atom. The Labute approximate surface area is 97.5 Å². The lowest BCUT2D eigenvalue weighted by Gasteiger charge is -2.40. The van der Waals surface area contributed by atoms with Crippen LogP contribution in [0.15, 0.2) is 0 Å². The van der Waals surface area contributed by atoms with E-state index in [1.54, 1.807) is 0 Å². The van der Waals surface area contributed by atoms with E-state index in [4.69, 9.17) is 5.11 Å². The van der Waals surface area contributed by atoms with Crippen LogP contribution in [0.5, 0.6) is 0 Å². The molecule has 1 atom stereocenters. The van der Waals surface area contributed by atoms with Crippen LogP contribution >= 0.6 is 0 Å². The van der Waals surface area contributed by atoms with Crippen LogP contribution in [0.1, 0.15) is 0 Å². The Balaban J connectivity index is 2.50. The molecule has 0 bridgehead atoms. The van der Waals surface area contributed by atoms with E-state index in [0.717, 1.165) is 7.11 Å². The van der Waals surface area contributed by atoms with E-state index in [1.165, 1.54) is 12.0 Å². The minimum atomic E-state index is -1.16. The number of likely N-dealkylation sites (tertiary alicyclic amines) is 1. The van der Waals surface area contributed by atoms with Crippen molar-refractivity contribution in [1.29, 1.82) is 0 Å². The molecule has 8 heteroatoms. The summed E-state index contributed by atoms with van der Waals surface area (Å²) in [4.78, 5) is 34.3. The Bertz CT molecular complexity index is 325. The van der Waals surface area contributed by atoms with Crippen molar-refractivity contribution in [3.63, 3.8) is 0 Å². The highest BCUT2D eigenvalue weighted by Gasteiger charge is 2.41. The fraction of sp³-hybridized carbons (Fsp3) is 0.667. The zero-order chi connectivity index (χ0) is 13.0. The van der Waals surface area contributed by atoms with Gasteiger partial charge in [0, 0.05) is 19.0 Å². The number of hydrogen-bond acceptors (Lipinski definition) is 5. The van der Waals surface area contributed by atoms with Crippen LogP contribution < -0.4 is 5.32 Å². The zero-order valence-electron chi connectivity index (χ0n) is 9.50. The second-order valence-corrected chi connectivity index (χ2v) is 3.59. The van der Waals surface area contributed by atoms with Crippen LogP contribution in [0.25, 0.3) is 0 Å². The highest BCUT2D eigenvalue weighted by atomic mass is 16.5. The second-order valence-electron chi connectivity index (χ2n) is 3.59. The quantitative estimate of drug-likeness (QED) is 0.695. The molecule has 2 N–H and O–H groups in total. The topological polar surface area (TPSA) is 105 Å². The summed E-state index contributed by atoms with van der Waals surface area (Å²) in [5.74, 6) is -1.50. The lowest BCUT2D eigenvalue weighted by atomic mass is 9.92. The van der Waals surface area contributed by atoms with E-state index < -0.39 is 24.2 Å². The lowest BCUT2D eigenvalue weighted by Crippen LogP contribution is -2.60. The molecule has 0 saturated carbocycles. The van der Waals surface area contributed by atoms with E-state index in [-0.39, 0.29) is 19.0 Å². The number of rotatable bonds is 3. The summed E-state index contributed by atoms with van der Waals surface area (Å²) in [5, 5.41) is 11.1. The summed E-state index contributed by atoms with van der Waals surface area (Å²) < 4.78 is 8.80. The van der Waals surface area contributed by atoms with Gasteiger partial charge in [-0.1, -0.05) is 0 Å². The monoisotopic (exact) mass is 246 g/mol. The molecule has 1 fully saturated rings. The number of ether oxygens (including phenoxy) is 2. The van der Waals surface area contributed by atoms with Gasteiger partial charge in [-0.15, -0.1) is 0 Å². The molecule has 17 heavy (non-hydrogen) atoms. The zero-order valence-corrected chi connectivity index (χ0v) is 9.50. The van der Waals surface area contributed by atoms with Gasteiger partial charge in [0.05, 0.1) is 14.2 Å². The van der Waals surface area contributed by atoms with Crippen molar-refractivity contribution in [2.75, 3.05) is 27.3 Å². The average molecular weight is 246 g/mol. The summed E-state index contributed by atoms with van der Waals surface area (Å²) in [6.45, 7) is 0.460. The van der Waals surface area contributed by atoms with Gasteiger partial charge in [-0.3, -0.25) is 0 Å². The maximum atomic E-state index is 11.1. The molecule has 0 spiro atoms. The van der Waals surface area contributed by atoms with Gasteiger partial charge in [0.15, 0.2) is 0 Å². The maximum Gasteiger partial charge on any atom is 0.409 e. The number of amides is 2. The van der Waals surface area contributed by atoms with E-state index >= 15 is 0 Å². The van der Waals surface area contributed by atoms with Crippen molar-refractivity contribution in [3.8, 4) is 0 Å². The number of alkyl carbamates (subject to hydrolysis) is 1. The van der Waals surface area contributed by atoms with Crippen LogP contribution in [-0.2, 0) is 14.3 Å². The number of carbonyl (C=O) groups is 3. The number of carbonyl (C=O) groups excluding carboxylic acids is 2. The molecule has 8 nitrogen and oxygen atoms in total. The number of nitrogens with zero attached hydrogens (tertiary/aromatic N) is 1. The predicted molar refractivity (Wildman–Crippen MR) is 54.4 cm³/mol. The number of carboxylic acid groups (broad SMARTS) is 1. The number of aliphatic carboxylic acids is 1. The van der Waals surface area contributed by atoms with E-state index in [1.807, 2.05) is 0 Å². The van der Waals surface area contributed by atoms with Gasteiger partial charge in [-0.2, -0.15) is 0 Å². The molecule has 1 aliphatic rings. The first-order chi connectivity index (χ1) is 7.99. The highest BCUT2D eigenvalue weighted by molar-refractivity contribution is 5.80. The minimum Gasteiger partial charge on any atom is -0.480 e. The third kappa shape index (κ3) is 2.99. The number of hydrogen-bond donors (Lipinski definition) is 2. The van der Waals surface area contributed by atoms with E-state index in [9.17, 15) is 14.4 Å². The molecule has 96 valence electrons. The predicted octanol–water partition coefficient (Wildman–Crippen LogP) is -0.506. The molecule has 0 radical (unpaired) electrons. The van der Waals surface area contributed by atoms with Gasteiger partial charge in [-0.05, 0) is 0 Å². The van der Waals surface area contributed by atoms with Crippen molar-refractivity contribution in [2.45, 2.75) is 6.04 Å². The maximum absolute atomic E-state index is 11.1. The molecule has 0 aromatic rings. The summed E-state index contributed by atoms with van der Waals surface area (Å²) in [7, 11) is 2.40. The molecule has 1 aliphatic heterocycles. The third-order valence-corrected chi connectivity index (χ3v) is 2.54. The molecule has 0 aromatic carbocycles. The van der Waals surface area contributed by atoms with Crippen molar-refractivity contribution >= 4 is 18.2 Å². The van der Waals surface area contributed by atoms with E-state index in [0.29, 0.717) is 0 Å². The largest absolute Gasteiger partial charge is 0.480 e. The standard InChI is InChI=1S/C9H14N2O6/c1-16-8(14)10-6(7(12)13)5-3-11(4-5)9(15)17-2/h5-6H,3-4H2,1-2H3,(H,10,14)(H,12,13)/t6-/m0/s1. The molecular weight excluding hydrogens is 232 g/mol. The summed E-state index contributed by atoms with van der Waals surface area (Å²) in [6, 6.07) is -1.07. The Hall–Kier alpha value is -1.99. The summed E-state index contributed by atoms with van der Waals surface area (Å²) >= 11 is 0. The second kappa shape index (κ2) is 5.37. The van der Waals surface area contributed by atoms with E-state index in [2.05, 4.69) is 14.8 Å². The Morgan fingerprint density at radius 2 is 1.88 bits per heavy atom. The lowest BCUT2D eigenvalue weighted by molar-refractivity contribution is -0.142. The van der Waals surface area contributed by atoms with Crippen LogP contribution in [0, 0.1) is 5.92 Å². The Kier molecular flexibility index (Phi) is 4.13. The van der Waals surface area contributed by atoms with Crippen LogP contribution in [0.2, 0.25) is 0 Å². The average Bonchev–Trinajstić information content (AvgIpc) is 2.24. The number of methoxy groups -OCH3 is 2. The minimum absolute atomic E-state index is 0.230. The van der Waals surface area contributed by atoms with Crippen molar-refractivity contribution in [1.82, 2.24) is 10.2 Å². The third-order valence-electron chi connectivity index (χ3n) is 2.54. The van der Waals surface area contributed by atoms with Crippen molar-refractivity contribution in [3.05, 3.63) is 0 Å². The van der Waals surface area contributed by atoms with Gasteiger partial charge in [0.2, 0.25) is 0 Å². The summed E-state index contributed by atoms with van der Waals surface area (Å²) in [5.41, 5.74) is 0. The number of nitrogens with one attached hydrogen (secondary N) is 1. The number of carboxylic acids is 1. The Morgan fingerprint density at radius 3 is 2.29 bits per heavy atom. The smallest absolute Gasteiger partial charge is 0.409 e. The van der Waals surface area contributed by atoms with Crippen LogP contribution in [0.3, 0.4) is 0 Å². The van der Waals surface area contributed by atoms with Gasteiger partial charge in [0.1, 0.15) is 6.04 Å². The van der Waals surface area contributed by atoms with Gasteiger partial charge >= 0.3 is 18.2 Å². The molecule has 0 unspecified atom stereocenters. The SMILES string of the molecule is COC(=O)N[C@H](C(=O)O)C1CN(C(=O)OC)C1. The first kappa shape index (κ1) is 13.1. The molecular formula is C9H14N2O6. The molecule has 0 aromatic heterocycles. The van der Waals surface area contributed by atoms with Gasteiger partial charge < -0.3 is 24.8 Å². The molecule has 1 rings (SSSR count). The normalized spacial score (nSPS) is 16.7. The van der Waals surface area contributed by atoms with Gasteiger partial charge in [-0.25, -0.2) is 14.4 Å². The first-order valence-corrected chi connectivity index (χ1v) is 4.89. The fourth-order valence-electron chi connectivity index (χ4n) is 1.57.